The Morgan fingerprint density at radius 1 is 1.06 bits per heavy atom. The van der Waals surface area contributed by atoms with Gasteiger partial charge in [0.2, 0.25) is 0 Å². The topological polar surface area (TPSA) is 29.3 Å². The van der Waals surface area contributed by atoms with Crippen LogP contribution in [0.15, 0.2) is 0 Å². The Kier molecular flexibility index (Phi) is 3.20. The number of piperidine rings is 1. The highest BCUT2D eigenvalue weighted by Gasteiger charge is 2.45. The van der Waals surface area contributed by atoms with Crippen LogP contribution in [-0.2, 0) is 0 Å². The van der Waals surface area contributed by atoms with Gasteiger partial charge >= 0.3 is 0 Å². The summed E-state index contributed by atoms with van der Waals surface area (Å²) in [5, 5.41) is 0.900. The van der Waals surface area contributed by atoms with Crippen LogP contribution >= 0.6 is 11.8 Å². The molecule has 3 fully saturated rings. The maximum atomic E-state index is 6.15. The zero-order valence-corrected chi connectivity index (χ0v) is 11.1. The van der Waals surface area contributed by atoms with Crippen LogP contribution in [0.2, 0.25) is 0 Å². The second-order valence-corrected chi connectivity index (χ2v) is 6.91. The van der Waals surface area contributed by atoms with Crippen molar-refractivity contribution in [3.63, 3.8) is 0 Å². The molecule has 0 aromatic heterocycles. The molecule has 1 aliphatic carbocycles. The van der Waals surface area contributed by atoms with Crippen molar-refractivity contribution in [3.05, 3.63) is 0 Å². The highest BCUT2D eigenvalue weighted by Crippen LogP contribution is 2.42. The van der Waals surface area contributed by atoms with Crippen LogP contribution in [0.3, 0.4) is 0 Å². The van der Waals surface area contributed by atoms with Gasteiger partial charge in [0.15, 0.2) is 0 Å². The molecule has 16 heavy (non-hydrogen) atoms. The van der Waals surface area contributed by atoms with Gasteiger partial charge in [-0.25, -0.2) is 0 Å². The zero-order chi connectivity index (χ0) is 11.1. The number of fused-ring (bicyclic) bond motifs is 2. The standard InChI is InChI=1S/C13H24N2S/c1-16-13-4-2-3-12(13)15-10-5-6-11(15)8-9(14)7-10/h9-13H,2-8,14H2,1H3. The molecule has 0 radical (unpaired) electrons. The lowest BCUT2D eigenvalue weighted by Crippen LogP contribution is -2.53. The van der Waals surface area contributed by atoms with E-state index >= 15 is 0 Å². The number of hydrogen-bond acceptors (Lipinski definition) is 3. The molecular formula is C13H24N2S. The molecule has 3 aliphatic rings. The molecule has 1 saturated carbocycles. The first-order chi connectivity index (χ1) is 7.79. The second-order valence-electron chi connectivity index (χ2n) is 5.84. The first-order valence-corrected chi connectivity index (χ1v) is 8.14. The monoisotopic (exact) mass is 240 g/mol. The molecule has 2 bridgehead atoms. The molecule has 2 N–H and O–H groups in total. The van der Waals surface area contributed by atoms with Crippen molar-refractivity contribution in [1.29, 1.82) is 0 Å². The third kappa shape index (κ3) is 1.81. The van der Waals surface area contributed by atoms with E-state index in [9.17, 15) is 0 Å². The number of hydrogen-bond donors (Lipinski definition) is 1. The van der Waals surface area contributed by atoms with Crippen LogP contribution in [0.4, 0.5) is 0 Å². The van der Waals surface area contributed by atoms with Crippen molar-refractivity contribution in [1.82, 2.24) is 4.90 Å². The van der Waals surface area contributed by atoms with E-state index in [2.05, 4.69) is 22.9 Å². The predicted octanol–water partition coefficient (Wildman–Crippen LogP) is 2.22. The summed E-state index contributed by atoms with van der Waals surface area (Å²) in [6, 6.07) is 3.01. The molecule has 3 rings (SSSR count). The maximum absolute atomic E-state index is 6.15. The van der Waals surface area contributed by atoms with Crippen molar-refractivity contribution in [2.24, 2.45) is 5.73 Å². The van der Waals surface area contributed by atoms with Crippen LogP contribution in [-0.4, -0.2) is 40.6 Å². The molecule has 2 nitrogen and oxygen atoms in total. The van der Waals surface area contributed by atoms with Gasteiger partial charge in [-0.3, -0.25) is 4.90 Å². The van der Waals surface area contributed by atoms with Gasteiger partial charge < -0.3 is 5.73 Å². The average Bonchev–Trinajstić information content (AvgIpc) is 2.81. The normalized spacial score (nSPS) is 48.8. The molecule has 0 aromatic carbocycles. The average molecular weight is 240 g/mol. The Morgan fingerprint density at radius 3 is 2.38 bits per heavy atom. The van der Waals surface area contributed by atoms with E-state index in [1.807, 2.05) is 0 Å². The summed E-state index contributed by atoms with van der Waals surface area (Å²) in [5.41, 5.74) is 6.15. The summed E-state index contributed by atoms with van der Waals surface area (Å²) < 4.78 is 0. The van der Waals surface area contributed by atoms with Crippen LogP contribution in [0, 0.1) is 0 Å². The Morgan fingerprint density at radius 2 is 1.75 bits per heavy atom. The SMILES string of the molecule is CSC1CCCC1N1C2CCC1CC(N)C2. The quantitative estimate of drug-likeness (QED) is 0.802. The molecule has 0 aromatic rings. The van der Waals surface area contributed by atoms with Crippen molar-refractivity contribution < 1.29 is 0 Å². The largest absolute Gasteiger partial charge is 0.328 e. The van der Waals surface area contributed by atoms with Gasteiger partial charge in [0.25, 0.3) is 0 Å². The van der Waals surface area contributed by atoms with Gasteiger partial charge in [0.1, 0.15) is 0 Å². The van der Waals surface area contributed by atoms with Gasteiger partial charge in [-0.2, -0.15) is 11.8 Å². The minimum absolute atomic E-state index is 0.489. The number of rotatable bonds is 2. The first-order valence-electron chi connectivity index (χ1n) is 6.85. The molecule has 2 saturated heterocycles. The van der Waals surface area contributed by atoms with E-state index in [0.29, 0.717) is 6.04 Å². The van der Waals surface area contributed by atoms with E-state index in [-0.39, 0.29) is 0 Å². The lowest BCUT2D eigenvalue weighted by atomic mass is 9.95. The lowest BCUT2D eigenvalue weighted by Gasteiger charge is -2.43. The fourth-order valence-corrected chi connectivity index (χ4v) is 5.31. The fourth-order valence-electron chi connectivity index (χ4n) is 4.32. The number of thioether (sulfide) groups is 1. The predicted molar refractivity (Wildman–Crippen MR) is 70.8 cm³/mol. The molecular weight excluding hydrogens is 216 g/mol. The highest BCUT2D eigenvalue weighted by molar-refractivity contribution is 7.99. The zero-order valence-electron chi connectivity index (χ0n) is 10.3. The van der Waals surface area contributed by atoms with Gasteiger partial charge in [-0.1, -0.05) is 6.42 Å². The summed E-state index contributed by atoms with van der Waals surface area (Å²) >= 11 is 2.09. The van der Waals surface area contributed by atoms with Gasteiger partial charge in [0.05, 0.1) is 0 Å². The van der Waals surface area contributed by atoms with E-state index in [1.54, 1.807) is 0 Å². The van der Waals surface area contributed by atoms with E-state index < -0.39 is 0 Å². The van der Waals surface area contributed by atoms with Gasteiger partial charge in [-0.05, 0) is 44.8 Å². The summed E-state index contributed by atoms with van der Waals surface area (Å²) in [6.07, 6.45) is 12.0. The number of nitrogens with two attached hydrogens (primary N) is 1. The Labute approximate surface area is 103 Å². The van der Waals surface area contributed by atoms with Crippen molar-refractivity contribution >= 4 is 11.8 Å². The smallest absolute Gasteiger partial charge is 0.0220 e. The van der Waals surface area contributed by atoms with E-state index in [0.717, 1.165) is 23.4 Å². The third-order valence-corrected chi connectivity index (χ3v) is 6.08. The van der Waals surface area contributed by atoms with Crippen LogP contribution in [0.5, 0.6) is 0 Å². The van der Waals surface area contributed by atoms with Crippen molar-refractivity contribution in [2.45, 2.75) is 74.4 Å². The molecule has 0 amide bonds. The summed E-state index contributed by atoms with van der Waals surface area (Å²) in [5.74, 6) is 0. The van der Waals surface area contributed by atoms with Gasteiger partial charge in [0, 0.05) is 29.4 Å². The fraction of sp³-hybridized carbons (Fsp3) is 1.00. The van der Waals surface area contributed by atoms with Crippen LogP contribution < -0.4 is 5.73 Å². The Hall–Kier alpha value is 0.270. The summed E-state index contributed by atoms with van der Waals surface area (Å²) in [7, 11) is 0. The summed E-state index contributed by atoms with van der Waals surface area (Å²) in [6.45, 7) is 0. The minimum Gasteiger partial charge on any atom is -0.328 e. The van der Waals surface area contributed by atoms with Crippen LogP contribution in [0.25, 0.3) is 0 Å². The summed E-state index contributed by atoms with van der Waals surface area (Å²) in [4.78, 5) is 2.89. The first kappa shape index (κ1) is 11.4. The molecule has 0 spiro atoms. The molecule has 4 atom stereocenters. The number of nitrogens with zero attached hydrogens (tertiary/aromatic N) is 1. The molecule has 2 aliphatic heterocycles. The molecule has 2 heterocycles. The van der Waals surface area contributed by atoms with Gasteiger partial charge in [-0.15, -0.1) is 0 Å². The highest BCUT2D eigenvalue weighted by atomic mass is 32.2. The van der Waals surface area contributed by atoms with E-state index in [4.69, 9.17) is 5.73 Å². The Bertz CT molecular complexity index is 244. The Balaban J connectivity index is 1.75. The van der Waals surface area contributed by atoms with E-state index in [1.165, 1.54) is 44.9 Å². The molecule has 3 heteroatoms. The maximum Gasteiger partial charge on any atom is 0.0220 e. The second kappa shape index (κ2) is 4.51. The van der Waals surface area contributed by atoms with Crippen molar-refractivity contribution in [3.8, 4) is 0 Å². The molecule has 4 unspecified atom stereocenters. The van der Waals surface area contributed by atoms with Crippen LogP contribution in [0.1, 0.15) is 44.9 Å². The van der Waals surface area contributed by atoms with Crippen molar-refractivity contribution in [2.75, 3.05) is 6.26 Å². The minimum atomic E-state index is 0.489. The lowest BCUT2D eigenvalue weighted by molar-refractivity contribution is 0.0824. The third-order valence-electron chi connectivity index (χ3n) is 4.93. The molecule has 92 valence electrons.